The predicted molar refractivity (Wildman–Crippen MR) is 160 cm³/mol. The van der Waals surface area contributed by atoms with Crippen LogP contribution in [-0.4, -0.2) is 60.9 Å². The Labute approximate surface area is 236 Å². The van der Waals surface area contributed by atoms with E-state index >= 15 is 0 Å². The van der Waals surface area contributed by atoms with Crippen LogP contribution in [0.1, 0.15) is 61.8 Å². The van der Waals surface area contributed by atoms with Crippen LogP contribution in [0, 0.1) is 0 Å². The van der Waals surface area contributed by atoms with Gasteiger partial charge in [-0.25, -0.2) is 9.59 Å². The van der Waals surface area contributed by atoms with E-state index in [-0.39, 0.29) is 5.41 Å². The number of hydrogen-bond acceptors (Lipinski definition) is 5. The molecule has 212 valence electrons. The maximum absolute atomic E-state index is 13.5. The highest BCUT2D eigenvalue weighted by Crippen LogP contribution is 2.38. The second-order valence-corrected chi connectivity index (χ2v) is 11.7. The molecule has 8 heteroatoms. The zero-order valence-electron chi connectivity index (χ0n) is 24.2. The summed E-state index contributed by atoms with van der Waals surface area (Å²) in [6, 6.07) is 14.1. The average Bonchev–Trinajstić information content (AvgIpc) is 3.28. The van der Waals surface area contributed by atoms with Crippen molar-refractivity contribution in [1.29, 1.82) is 0 Å². The number of methoxy groups -OCH3 is 1. The van der Waals surface area contributed by atoms with Crippen LogP contribution in [-0.2, 0) is 21.9 Å². The van der Waals surface area contributed by atoms with E-state index in [1.807, 2.05) is 37.4 Å². The second kappa shape index (κ2) is 11.5. The van der Waals surface area contributed by atoms with Gasteiger partial charge in [0.05, 0.1) is 31.7 Å². The van der Waals surface area contributed by atoms with Crippen molar-refractivity contribution >= 4 is 39.7 Å². The van der Waals surface area contributed by atoms with Gasteiger partial charge in [0.25, 0.3) is 0 Å². The number of nitrogens with one attached hydrogen (secondary N) is 2. The number of ether oxygens (including phenoxy) is 2. The topological polar surface area (TPSA) is 84.8 Å². The standard InChI is InChI=1S/C32H40N4O4/c1-32(2,3)27-20-26(29(35(27)4)30(37)39-5)34-31(38)33-25-14-13-21-9-6-7-12-24(21)28(25)22-10-8-11-23(19-22)36-15-17-40-18-16-36/h6-7,9,12-14,19-20,23H,8,10-11,15-18H2,1-5H3,(H2,33,34,38). The molecule has 1 fully saturated rings. The minimum Gasteiger partial charge on any atom is -0.464 e. The van der Waals surface area contributed by atoms with Crippen LogP contribution in [0.25, 0.3) is 16.3 Å². The van der Waals surface area contributed by atoms with E-state index in [0.717, 1.165) is 73.3 Å². The molecule has 0 radical (unpaired) electrons. The van der Waals surface area contributed by atoms with E-state index in [1.54, 1.807) is 4.57 Å². The first-order chi connectivity index (χ1) is 19.2. The Bertz CT molecular complexity index is 1440. The smallest absolute Gasteiger partial charge is 0.356 e. The van der Waals surface area contributed by atoms with Crippen molar-refractivity contribution in [1.82, 2.24) is 9.47 Å². The number of nitrogens with zero attached hydrogens (tertiary/aromatic N) is 2. The van der Waals surface area contributed by atoms with Crippen LogP contribution in [0.2, 0.25) is 0 Å². The van der Waals surface area contributed by atoms with Gasteiger partial charge < -0.3 is 24.7 Å². The molecule has 0 saturated carbocycles. The van der Waals surface area contributed by atoms with Crippen molar-refractivity contribution in [2.75, 3.05) is 44.0 Å². The molecule has 2 aromatic carbocycles. The van der Waals surface area contributed by atoms with Gasteiger partial charge in [-0.1, -0.05) is 57.2 Å². The summed E-state index contributed by atoms with van der Waals surface area (Å²) < 4.78 is 12.4. The van der Waals surface area contributed by atoms with Gasteiger partial charge >= 0.3 is 12.0 Å². The molecule has 1 unspecified atom stereocenters. The van der Waals surface area contributed by atoms with E-state index in [4.69, 9.17) is 9.47 Å². The molecule has 1 saturated heterocycles. The lowest BCUT2D eigenvalue weighted by Gasteiger charge is -2.35. The number of carbonyl (C=O) groups is 2. The molecule has 2 amide bonds. The SMILES string of the molecule is COC(=O)c1c(NC(=O)Nc2ccc3ccccc3c2C2=CC(N3CCOCC3)CCC2)cc(C(C)(C)C)n1C. The Morgan fingerprint density at radius 1 is 1.02 bits per heavy atom. The minimum atomic E-state index is -0.499. The Balaban J connectivity index is 1.49. The summed E-state index contributed by atoms with van der Waals surface area (Å²) >= 11 is 0. The maximum Gasteiger partial charge on any atom is 0.356 e. The normalized spacial score (nSPS) is 18.3. The van der Waals surface area contributed by atoms with E-state index in [0.29, 0.717) is 17.4 Å². The molecule has 8 nitrogen and oxygen atoms in total. The quantitative estimate of drug-likeness (QED) is 0.375. The molecule has 0 spiro atoms. The van der Waals surface area contributed by atoms with Crippen LogP contribution < -0.4 is 10.6 Å². The number of rotatable bonds is 5. The van der Waals surface area contributed by atoms with Gasteiger partial charge in [-0.3, -0.25) is 4.90 Å². The van der Waals surface area contributed by atoms with E-state index in [1.165, 1.54) is 12.7 Å². The average molecular weight is 545 g/mol. The molecule has 0 bridgehead atoms. The van der Waals surface area contributed by atoms with Gasteiger partial charge in [-0.05, 0) is 47.7 Å². The number of amides is 2. The van der Waals surface area contributed by atoms with Crippen molar-refractivity contribution in [3.05, 3.63) is 65.5 Å². The van der Waals surface area contributed by atoms with Crippen molar-refractivity contribution < 1.29 is 19.1 Å². The van der Waals surface area contributed by atoms with E-state index < -0.39 is 12.0 Å². The molecule has 3 aromatic rings. The summed E-state index contributed by atoms with van der Waals surface area (Å²) in [4.78, 5) is 28.6. The summed E-state index contributed by atoms with van der Waals surface area (Å²) in [6.45, 7) is 9.61. The first-order valence-electron chi connectivity index (χ1n) is 14.1. The number of fused-ring (bicyclic) bond motifs is 1. The van der Waals surface area contributed by atoms with Gasteiger partial charge in [0, 0.05) is 42.9 Å². The number of esters is 1. The molecule has 1 aliphatic carbocycles. The van der Waals surface area contributed by atoms with Crippen LogP contribution in [0.3, 0.4) is 0 Å². The van der Waals surface area contributed by atoms with Crippen LogP contribution in [0.5, 0.6) is 0 Å². The fourth-order valence-electron chi connectivity index (χ4n) is 6.07. The maximum atomic E-state index is 13.5. The number of morpholine rings is 1. The number of carbonyl (C=O) groups excluding carboxylic acids is 2. The van der Waals surface area contributed by atoms with Crippen LogP contribution in [0.15, 0.2) is 48.5 Å². The first kappa shape index (κ1) is 27.9. The molecule has 1 aromatic heterocycles. The number of urea groups is 1. The highest BCUT2D eigenvalue weighted by Gasteiger charge is 2.28. The zero-order chi connectivity index (χ0) is 28.4. The second-order valence-electron chi connectivity index (χ2n) is 11.7. The molecule has 2 heterocycles. The Morgan fingerprint density at radius 2 is 1.75 bits per heavy atom. The summed E-state index contributed by atoms with van der Waals surface area (Å²) in [5, 5.41) is 8.28. The fraction of sp³-hybridized carbons (Fsp3) is 0.438. The third kappa shape index (κ3) is 5.64. The molecule has 1 atom stereocenters. The Hall–Kier alpha value is -3.62. The zero-order valence-corrected chi connectivity index (χ0v) is 24.2. The fourth-order valence-corrected chi connectivity index (χ4v) is 6.07. The summed E-state index contributed by atoms with van der Waals surface area (Å²) in [5.41, 5.74) is 4.47. The highest BCUT2D eigenvalue weighted by molar-refractivity contribution is 6.08. The Morgan fingerprint density at radius 3 is 2.48 bits per heavy atom. The molecular formula is C32H40N4O4. The Kier molecular flexibility index (Phi) is 8.01. The monoisotopic (exact) mass is 544 g/mol. The summed E-state index contributed by atoms with van der Waals surface area (Å²) in [7, 11) is 3.16. The third-order valence-corrected chi connectivity index (χ3v) is 7.98. The van der Waals surface area contributed by atoms with Crippen LogP contribution in [0.4, 0.5) is 16.2 Å². The van der Waals surface area contributed by atoms with Crippen molar-refractivity contribution in [3.63, 3.8) is 0 Å². The lowest BCUT2D eigenvalue weighted by Crippen LogP contribution is -2.43. The number of anilines is 2. The summed E-state index contributed by atoms with van der Waals surface area (Å²) in [6.07, 6.45) is 5.55. The van der Waals surface area contributed by atoms with Gasteiger partial charge in [0.15, 0.2) is 5.69 Å². The lowest BCUT2D eigenvalue weighted by molar-refractivity contribution is 0.0234. The van der Waals surface area contributed by atoms with E-state index in [2.05, 4.69) is 54.5 Å². The van der Waals surface area contributed by atoms with Crippen LogP contribution >= 0.6 is 0 Å². The molecule has 1 aliphatic heterocycles. The molecule has 40 heavy (non-hydrogen) atoms. The largest absolute Gasteiger partial charge is 0.464 e. The first-order valence-corrected chi connectivity index (χ1v) is 14.1. The van der Waals surface area contributed by atoms with Gasteiger partial charge in [-0.2, -0.15) is 0 Å². The molecule has 5 rings (SSSR count). The van der Waals surface area contributed by atoms with E-state index in [9.17, 15) is 9.59 Å². The molecule has 2 aliphatic rings. The third-order valence-electron chi connectivity index (χ3n) is 7.98. The van der Waals surface area contributed by atoms with Crippen molar-refractivity contribution in [3.8, 4) is 0 Å². The van der Waals surface area contributed by atoms with Crippen molar-refractivity contribution in [2.24, 2.45) is 7.05 Å². The number of benzene rings is 2. The van der Waals surface area contributed by atoms with Crippen molar-refractivity contribution in [2.45, 2.75) is 51.5 Å². The number of hydrogen-bond donors (Lipinski definition) is 2. The van der Waals surface area contributed by atoms with Gasteiger partial charge in [-0.15, -0.1) is 0 Å². The van der Waals surface area contributed by atoms with Gasteiger partial charge in [0.2, 0.25) is 0 Å². The van der Waals surface area contributed by atoms with Gasteiger partial charge in [0.1, 0.15) is 0 Å². The number of allylic oxidation sites excluding steroid dienone is 1. The summed E-state index contributed by atoms with van der Waals surface area (Å²) in [5.74, 6) is -0.499. The minimum absolute atomic E-state index is 0.232. The predicted octanol–water partition coefficient (Wildman–Crippen LogP) is 6.17. The lowest BCUT2D eigenvalue weighted by atomic mass is 9.86. The molecular weight excluding hydrogens is 504 g/mol. The highest BCUT2D eigenvalue weighted by atomic mass is 16.5. The number of aromatic nitrogens is 1. The molecule has 2 N–H and O–H groups in total.